The number of hydrogen-bond acceptors (Lipinski definition) is 14. The van der Waals surface area contributed by atoms with Gasteiger partial charge in [0.1, 0.15) is 37.1 Å². The Morgan fingerprint density at radius 1 is 0.733 bits per heavy atom. The number of aromatic nitrogens is 3. The van der Waals surface area contributed by atoms with Gasteiger partial charge in [-0.3, -0.25) is 14.4 Å². The summed E-state index contributed by atoms with van der Waals surface area (Å²) in [6.45, 7) is 3.80. The third kappa shape index (κ3) is 23.8. The number of esters is 2. The van der Waals surface area contributed by atoms with Crippen molar-refractivity contribution in [2.75, 3.05) is 30.0 Å². The van der Waals surface area contributed by atoms with E-state index >= 15 is 0 Å². The second kappa shape index (κ2) is 34.2. The van der Waals surface area contributed by atoms with Crippen molar-refractivity contribution >= 4 is 35.4 Å². The summed E-state index contributed by atoms with van der Waals surface area (Å²) < 4.78 is 17.9. The Kier molecular flexibility index (Phi) is 30.6. The number of amides is 1. The minimum Gasteiger partial charge on any atom is -0.462 e. The van der Waals surface area contributed by atoms with Gasteiger partial charge in [0.05, 0.1) is 18.8 Å². The van der Waals surface area contributed by atoms with Crippen molar-refractivity contribution in [3.05, 3.63) is 6.20 Å². The maximum atomic E-state index is 12.9. The summed E-state index contributed by atoms with van der Waals surface area (Å²) in [7, 11) is 0. The molecule has 2 heterocycles. The monoisotopic (exact) mass is 872 g/mol. The van der Waals surface area contributed by atoms with Crippen LogP contribution in [-0.4, -0.2) is 115 Å². The number of nitrogens with zero attached hydrogens (tertiary/aromatic N) is 3. The molecule has 1 amide bonds. The molecule has 1 saturated heterocycles. The number of rotatable bonds is 37. The maximum absolute atomic E-state index is 12.9. The zero-order valence-electron chi connectivity index (χ0n) is 36.9. The van der Waals surface area contributed by atoms with E-state index in [1.165, 1.54) is 134 Å². The van der Waals surface area contributed by atoms with Gasteiger partial charge in [0.15, 0.2) is 12.0 Å². The number of hydrogen-bond donors (Lipinski definition) is 6. The highest BCUT2D eigenvalue weighted by atomic mass is 32.2. The van der Waals surface area contributed by atoms with Crippen LogP contribution in [0.4, 0.5) is 5.82 Å². The molecule has 5 unspecified atom stereocenters. The molecule has 0 bridgehead atoms. The summed E-state index contributed by atoms with van der Waals surface area (Å²) in [4.78, 5) is 38.4. The van der Waals surface area contributed by atoms with Crippen molar-refractivity contribution < 1.29 is 49.0 Å². The quantitative estimate of drug-likeness (QED) is 0.0296. The van der Waals surface area contributed by atoms with Crippen LogP contribution in [0.25, 0.3) is 0 Å². The van der Waals surface area contributed by atoms with E-state index < -0.39 is 55.3 Å². The van der Waals surface area contributed by atoms with Crippen molar-refractivity contribution in [1.29, 1.82) is 0 Å². The van der Waals surface area contributed by atoms with Crippen LogP contribution in [0, 0.1) is 0 Å². The number of carbonyl (C=O) groups excluding carboxylic acids is 3. The highest BCUT2D eigenvalue weighted by molar-refractivity contribution is 7.99. The van der Waals surface area contributed by atoms with E-state index in [0.29, 0.717) is 6.42 Å². The van der Waals surface area contributed by atoms with Crippen LogP contribution in [0.5, 0.6) is 0 Å². The Labute approximate surface area is 364 Å². The summed E-state index contributed by atoms with van der Waals surface area (Å²) in [5.41, 5.74) is 6.17. The van der Waals surface area contributed by atoms with Gasteiger partial charge in [-0.05, 0) is 12.8 Å². The molecular weight excluding hydrogens is 791 g/mol. The molecule has 7 N–H and O–H groups in total. The normalized spacial score (nSPS) is 20.1. The number of aliphatic hydroxyl groups is 4. The third-order valence-electron chi connectivity index (χ3n) is 11.0. The molecule has 0 saturated carbocycles. The summed E-state index contributed by atoms with van der Waals surface area (Å²) in [5, 5.41) is 50.3. The van der Waals surface area contributed by atoms with Gasteiger partial charge in [-0.1, -0.05) is 160 Å². The molecule has 1 aliphatic rings. The first-order valence-electron chi connectivity index (χ1n) is 23.3. The van der Waals surface area contributed by atoms with Crippen molar-refractivity contribution in [1.82, 2.24) is 15.0 Å². The molecule has 15 nitrogen and oxygen atoms in total. The highest BCUT2D eigenvalue weighted by Crippen LogP contribution is 2.28. The molecule has 1 aromatic rings. The summed E-state index contributed by atoms with van der Waals surface area (Å²) >= 11 is 1.29. The lowest BCUT2D eigenvalue weighted by Gasteiger charge is -2.39. The van der Waals surface area contributed by atoms with Crippen molar-refractivity contribution in [2.45, 2.75) is 224 Å². The number of thioether (sulfide) groups is 1. The van der Waals surface area contributed by atoms with Crippen molar-refractivity contribution in [3.8, 4) is 0 Å². The van der Waals surface area contributed by atoms with Crippen LogP contribution in [0.3, 0.4) is 0 Å². The minimum atomic E-state index is -1.60. The molecule has 0 aliphatic carbocycles. The van der Waals surface area contributed by atoms with Crippen molar-refractivity contribution in [2.24, 2.45) is 5.73 Å². The molecule has 7 atom stereocenters. The Balaban J connectivity index is 1.76. The zero-order chi connectivity index (χ0) is 43.8. The van der Waals surface area contributed by atoms with E-state index in [1.54, 1.807) is 0 Å². The van der Waals surface area contributed by atoms with Gasteiger partial charge in [-0.2, -0.15) is 11.8 Å². The van der Waals surface area contributed by atoms with Crippen molar-refractivity contribution in [3.63, 3.8) is 0 Å². The number of unbranched alkanes of at least 4 members (excludes halogenated alkanes) is 22. The first kappa shape index (κ1) is 53.8. The second-order valence-corrected chi connectivity index (χ2v) is 17.6. The van der Waals surface area contributed by atoms with E-state index in [9.17, 15) is 34.8 Å². The van der Waals surface area contributed by atoms with Crippen LogP contribution in [0.2, 0.25) is 0 Å². The molecular formula is C44H81N5O10S. The number of ether oxygens (including phenoxy) is 3. The summed E-state index contributed by atoms with van der Waals surface area (Å²) in [6, 6.07) is -0.988. The molecule has 2 rings (SSSR count). The standard InChI is InChI=1S/C44H81N5O10S/c1-3-5-7-9-11-13-15-17-19-21-23-25-27-38(51)57-31-34(58-39(52)28-26-24-22-20-18-16-14-12-10-8-6-4-2)32-60-33-35(45)43(56)46-37-29-49(48-47-37)44-42(55)41(54)40(53)36(30-50)59-44/h29,34-36,40-42,44,50,53-55H,3-28,30-33,45H2,1-2H3,(H,46,56)/t34-,35-,36?,40?,41?,42?,44?/m1/s1. The molecule has 0 spiro atoms. The van der Waals surface area contributed by atoms with E-state index in [1.807, 2.05) is 0 Å². The van der Waals surface area contributed by atoms with E-state index in [-0.39, 0.29) is 42.3 Å². The van der Waals surface area contributed by atoms with Gasteiger partial charge >= 0.3 is 11.9 Å². The lowest BCUT2D eigenvalue weighted by atomic mass is 9.98. The van der Waals surface area contributed by atoms with E-state index in [0.717, 1.165) is 43.2 Å². The number of nitrogens with one attached hydrogen (secondary N) is 1. The summed E-state index contributed by atoms with van der Waals surface area (Å²) in [5.74, 6) is -0.799. The minimum absolute atomic E-state index is 0.00194. The lowest BCUT2D eigenvalue weighted by Crippen LogP contribution is -2.56. The molecule has 16 heteroatoms. The van der Waals surface area contributed by atoms with Gasteiger partial charge in [-0.25, -0.2) is 4.68 Å². The van der Waals surface area contributed by atoms with Gasteiger partial charge in [0.25, 0.3) is 0 Å². The topological polar surface area (TPSA) is 229 Å². The lowest BCUT2D eigenvalue weighted by molar-refractivity contribution is -0.254. The molecule has 1 aromatic heterocycles. The maximum Gasteiger partial charge on any atom is 0.306 e. The highest BCUT2D eigenvalue weighted by Gasteiger charge is 2.44. The molecule has 1 fully saturated rings. The Morgan fingerprint density at radius 3 is 1.72 bits per heavy atom. The third-order valence-corrected chi connectivity index (χ3v) is 12.2. The van der Waals surface area contributed by atoms with Crippen LogP contribution >= 0.6 is 11.8 Å². The predicted octanol–water partition coefficient (Wildman–Crippen LogP) is 6.89. The molecule has 0 radical (unpaired) electrons. The fourth-order valence-corrected chi connectivity index (χ4v) is 8.19. The number of carbonyl (C=O) groups is 3. The van der Waals surface area contributed by atoms with E-state index in [2.05, 4.69) is 29.5 Å². The zero-order valence-corrected chi connectivity index (χ0v) is 37.7. The predicted molar refractivity (Wildman–Crippen MR) is 235 cm³/mol. The summed E-state index contributed by atoms with van der Waals surface area (Å²) in [6.07, 6.45) is 22.8. The number of aliphatic hydroxyl groups excluding tert-OH is 4. The molecule has 1 aliphatic heterocycles. The molecule has 60 heavy (non-hydrogen) atoms. The largest absolute Gasteiger partial charge is 0.462 e. The van der Waals surface area contributed by atoms with Crippen LogP contribution in [0.15, 0.2) is 6.20 Å². The van der Waals surface area contributed by atoms with Crippen LogP contribution in [-0.2, 0) is 28.6 Å². The molecule has 0 aromatic carbocycles. The van der Waals surface area contributed by atoms with Gasteiger partial charge in [0, 0.05) is 24.3 Å². The van der Waals surface area contributed by atoms with E-state index in [4.69, 9.17) is 19.9 Å². The number of anilines is 1. The number of nitrogens with two attached hydrogens (primary N) is 1. The average molecular weight is 872 g/mol. The van der Waals surface area contributed by atoms with Gasteiger partial charge in [0.2, 0.25) is 5.91 Å². The first-order valence-corrected chi connectivity index (χ1v) is 24.5. The SMILES string of the molecule is CCCCCCCCCCCCCCC(=O)OC[C@H](CSC[C@@H](N)C(=O)Nc1cn(C2OC(CO)C(O)C(O)C2O)nn1)OC(=O)CCCCCCCCCCCCCC. The van der Waals surface area contributed by atoms with Gasteiger partial charge in [-0.15, -0.1) is 5.10 Å². The Hall–Kier alpha value is -2.34. The second-order valence-electron chi connectivity index (χ2n) is 16.5. The average Bonchev–Trinajstić information content (AvgIpc) is 3.70. The smallest absolute Gasteiger partial charge is 0.306 e. The fraction of sp³-hybridized carbons (Fsp3) is 0.886. The Morgan fingerprint density at radius 2 is 1.22 bits per heavy atom. The van der Waals surface area contributed by atoms with Crippen LogP contribution in [0.1, 0.15) is 187 Å². The molecule has 348 valence electrons. The Bertz CT molecular complexity index is 1260. The first-order chi connectivity index (χ1) is 29.1. The van der Waals surface area contributed by atoms with Crippen LogP contribution < -0.4 is 11.1 Å². The van der Waals surface area contributed by atoms with Gasteiger partial charge < -0.3 is 45.7 Å². The fourth-order valence-electron chi connectivity index (χ4n) is 7.22.